The Bertz CT molecular complexity index is 379. The molecule has 0 aliphatic carbocycles. The SMILES string of the molecule is CCN(CCO)c1ccc(C(F)(F)F)cc1N. The lowest BCUT2D eigenvalue weighted by Gasteiger charge is -2.24. The van der Waals surface area contributed by atoms with Crippen LogP contribution in [0.3, 0.4) is 0 Å². The topological polar surface area (TPSA) is 49.5 Å². The Labute approximate surface area is 97.6 Å². The highest BCUT2D eigenvalue weighted by atomic mass is 19.4. The Morgan fingerprint density at radius 1 is 1.35 bits per heavy atom. The molecular formula is C11H15F3N2O. The predicted octanol–water partition coefficient (Wildman–Crippen LogP) is 2.11. The number of hydrogen-bond donors (Lipinski definition) is 2. The van der Waals surface area contributed by atoms with Gasteiger partial charge >= 0.3 is 6.18 Å². The standard InChI is InChI=1S/C11H15F3N2O/c1-2-16(5-6-17)10-4-3-8(7-9(10)15)11(12,13)14/h3-4,7,17H,2,5-6,15H2,1H3. The summed E-state index contributed by atoms with van der Waals surface area (Å²) in [4.78, 5) is 1.72. The zero-order chi connectivity index (χ0) is 13.1. The van der Waals surface area contributed by atoms with Crippen molar-refractivity contribution >= 4 is 11.4 Å². The van der Waals surface area contributed by atoms with Crippen LogP contribution < -0.4 is 10.6 Å². The predicted molar refractivity (Wildman–Crippen MR) is 60.8 cm³/mol. The Kier molecular flexibility index (Phi) is 4.22. The van der Waals surface area contributed by atoms with Crippen molar-refractivity contribution in [3.8, 4) is 0 Å². The molecule has 0 radical (unpaired) electrons. The number of alkyl halides is 3. The van der Waals surface area contributed by atoms with Crippen LogP contribution in [0, 0.1) is 0 Å². The molecule has 1 aromatic carbocycles. The van der Waals surface area contributed by atoms with Crippen molar-refractivity contribution in [3.05, 3.63) is 23.8 Å². The summed E-state index contributed by atoms with van der Waals surface area (Å²) in [5.41, 5.74) is 5.41. The molecule has 17 heavy (non-hydrogen) atoms. The maximum atomic E-state index is 12.4. The molecule has 0 unspecified atom stereocenters. The first-order chi connectivity index (χ1) is 7.90. The smallest absolute Gasteiger partial charge is 0.397 e. The van der Waals surface area contributed by atoms with Gasteiger partial charge in [-0.15, -0.1) is 0 Å². The van der Waals surface area contributed by atoms with Crippen molar-refractivity contribution < 1.29 is 18.3 Å². The molecule has 0 saturated carbocycles. The van der Waals surface area contributed by atoms with Crippen LogP contribution in [0.15, 0.2) is 18.2 Å². The van der Waals surface area contributed by atoms with Crippen molar-refractivity contribution in [1.82, 2.24) is 0 Å². The summed E-state index contributed by atoms with van der Waals surface area (Å²) >= 11 is 0. The van der Waals surface area contributed by atoms with Crippen LogP contribution >= 0.6 is 0 Å². The number of hydrogen-bond acceptors (Lipinski definition) is 3. The number of nitrogen functional groups attached to an aromatic ring is 1. The number of benzene rings is 1. The lowest BCUT2D eigenvalue weighted by Crippen LogP contribution is -2.27. The Hall–Kier alpha value is -1.43. The number of likely N-dealkylation sites (N-methyl/N-ethyl adjacent to an activating group) is 1. The monoisotopic (exact) mass is 248 g/mol. The summed E-state index contributed by atoms with van der Waals surface area (Å²) in [6.07, 6.45) is -4.39. The molecule has 0 atom stereocenters. The molecular weight excluding hydrogens is 233 g/mol. The highest BCUT2D eigenvalue weighted by Gasteiger charge is 2.31. The van der Waals surface area contributed by atoms with Crippen molar-refractivity contribution in [2.45, 2.75) is 13.1 Å². The third-order valence-electron chi connectivity index (χ3n) is 2.45. The van der Waals surface area contributed by atoms with Gasteiger partial charge in [0.15, 0.2) is 0 Å². The fourth-order valence-corrected chi connectivity index (χ4v) is 1.59. The van der Waals surface area contributed by atoms with Crippen molar-refractivity contribution in [2.75, 3.05) is 30.3 Å². The summed E-state index contributed by atoms with van der Waals surface area (Å²) in [7, 11) is 0. The van der Waals surface area contributed by atoms with E-state index in [4.69, 9.17) is 10.8 Å². The summed E-state index contributed by atoms with van der Waals surface area (Å²) in [5, 5.41) is 8.84. The molecule has 0 aliphatic rings. The van der Waals surface area contributed by atoms with Gasteiger partial charge in [-0.1, -0.05) is 0 Å². The van der Waals surface area contributed by atoms with Gasteiger partial charge in [0.2, 0.25) is 0 Å². The minimum absolute atomic E-state index is 0.0649. The van der Waals surface area contributed by atoms with Gasteiger partial charge in [-0.25, -0.2) is 0 Å². The van der Waals surface area contributed by atoms with Gasteiger partial charge in [0.05, 0.1) is 23.5 Å². The minimum Gasteiger partial charge on any atom is -0.397 e. The lowest BCUT2D eigenvalue weighted by molar-refractivity contribution is -0.137. The number of aliphatic hydroxyl groups excluding tert-OH is 1. The van der Waals surface area contributed by atoms with Crippen molar-refractivity contribution in [2.24, 2.45) is 0 Å². The zero-order valence-corrected chi connectivity index (χ0v) is 9.46. The second-order valence-electron chi connectivity index (χ2n) is 3.57. The van der Waals surface area contributed by atoms with E-state index >= 15 is 0 Å². The molecule has 0 saturated heterocycles. The number of rotatable bonds is 4. The fourth-order valence-electron chi connectivity index (χ4n) is 1.59. The molecule has 0 aliphatic heterocycles. The molecule has 6 heteroatoms. The first-order valence-corrected chi connectivity index (χ1v) is 5.22. The summed E-state index contributed by atoms with van der Waals surface area (Å²) in [6.45, 7) is 2.67. The molecule has 3 N–H and O–H groups in total. The van der Waals surface area contributed by atoms with Gasteiger partial charge in [0.1, 0.15) is 0 Å². The molecule has 1 aromatic rings. The van der Waals surface area contributed by atoms with Crippen LogP contribution in [0.5, 0.6) is 0 Å². The largest absolute Gasteiger partial charge is 0.416 e. The molecule has 1 rings (SSSR count). The summed E-state index contributed by atoms with van der Waals surface area (Å²) < 4.78 is 37.3. The molecule has 0 amide bonds. The average molecular weight is 248 g/mol. The second-order valence-corrected chi connectivity index (χ2v) is 3.57. The van der Waals surface area contributed by atoms with Crippen LogP contribution in [-0.4, -0.2) is 24.8 Å². The van der Waals surface area contributed by atoms with E-state index < -0.39 is 11.7 Å². The van der Waals surface area contributed by atoms with Gasteiger partial charge < -0.3 is 15.7 Å². The second kappa shape index (κ2) is 5.27. The summed E-state index contributed by atoms with van der Waals surface area (Å²) in [5.74, 6) is 0. The third kappa shape index (κ3) is 3.26. The van der Waals surface area contributed by atoms with E-state index in [2.05, 4.69) is 0 Å². The summed E-state index contributed by atoms with van der Waals surface area (Å²) in [6, 6.07) is 3.23. The van der Waals surface area contributed by atoms with Crippen LogP contribution in [0.4, 0.5) is 24.5 Å². The lowest BCUT2D eigenvalue weighted by atomic mass is 10.1. The maximum absolute atomic E-state index is 12.4. The van der Waals surface area contributed by atoms with E-state index in [-0.39, 0.29) is 12.3 Å². The Morgan fingerprint density at radius 2 is 2.00 bits per heavy atom. The molecule has 3 nitrogen and oxygen atoms in total. The van der Waals surface area contributed by atoms with Crippen LogP contribution in [0.2, 0.25) is 0 Å². The molecule has 0 spiro atoms. The minimum atomic E-state index is -4.39. The van der Waals surface area contributed by atoms with Crippen LogP contribution in [0.25, 0.3) is 0 Å². The van der Waals surface area contributed by atoms with Crippen LogP contribution in [-0.2, 0) is 6.18 Å². The molecule has 96 valence electrons. The highest BCUT2D eigenvalue weighted by Crippen LogP contribution is 2.33. The number of aliphatic hydroxyl groups is 1. The Balaban J connectivity index is 3.04. The van der Waals surface area contributed by atoms with Gasteiger partial charge in [-0.05, 0) is 25.1 Å². The van der Waals surface area contributed by atoms with Crippen molar-refractivity contribution in [1.29, 1.82) is 0 Å². The van der Waals surface area contributed by atoms with E-state index in [0.29, 0.717) is 18.8 Å². The number of nitrogens with two attached hydrogens (primary N) is 1. The normalized spacial score (nSPS) is 11.6. The zero-order valence-electron chi connectivity index (χ0n) is 9.46. The van der Waals surface area contributed by atoms with E-state index in [0.717, 1.165) is 12.1 Å². The Morgan fingerprint density at radius 3 is 2.41 bits per heavy atom. The fraction of sp³-hybridized carbons (Fsp3) is 0.455. The molecule has 0 fully saturated rings. The molecule has 0 heterocycles. The van der Waals surface area contributed by atoms with Gasteiger partial charge in [-0.3, -0.25) is 0 Å². The van der Waals surface area contributed by atoms with E-state index in [1.54, 1.807) is 4.90 Å². The maximum Gasteiger partial charge on any atom is 0.416 e. The quantitative estimate of drug-likeness (QED) is 0.802. The van der Waals surface area contributed by atoms with Gasteiger partial charge in [0.25, 0.3) is 0 Å². The van der Waals surface area contributed by atoms with E-state index in [1.807, 2.05) is 6.92 Å². The van der Waals surface area contributed by atoms with Gasteiger partial charge in [0, 0.05) is 13.1 Å². The molecule has 0 bridgehead atoms. The van der Waals surface area contributed by atoms with E-state index in [9.17, 15) is 13.2 Å². The third-order valence-corrected chi connectivity index (χ3v) is 2.45. The first-order valence-electron chi connectivity index (χ1n) is 5.22. The average Bonchev–Trinajstić information content (AvgIpc) is 2.25. The van der Waals surface area contributed by atoms with Gasteiger partial charge in [-0.2, -0.15) is 13.2 Å². The van der Waals surface area contributed by atoms with Crippen molar-refractivity contribution in [3.63, 3.8) is 0 Å². The number of anilines is 2. The number of halogens is 3. The highest BCUT2D eigenvalue weighted by molar-refractivity contribution is 5.68. The molecule has 0 aromatic heterocycles. The van der Waals surface area contributed by atoms with Crippen LogP contribution in [0.1, 0.15) is 12.5 Å². The number of nitrogens with zero attached hydrogens (tertiary/aromatic N) is 1. The van der Waals surface area contributed by atoms with E-state index in [1.165, 1.54) is 6.07 Å². The first kappa shape index (κ1) is 13.6.